The van der Waals surface area contributed by atoms with E-state index in [1.54, 1.807) is 17.0 Å². The van der Waals surface area contributed by atoms with Gasteiger partial charge in [-0.2, -0.15) is 0 Å². The molecule has 0 aliphatic heterocycles. The number of hydrogen-bond donors (Lipinski definition) is 1. The minimum atomic E-state index is -0.293. The maximum Gasteiger partial charge on any atom is 0.181 e. The number of benzene rings is 1. The van der Waals surface area contributed by atoms with Gasteiger partial charge in [0.25, 0.3) is 0 Å². The summed E-state index contributed by atoms with van der Waals surface area (Å²) < 4.78 is 18.7. The third-order valence-electron chi connectivity index (χ3n) is 2.24. The number of ether oxygens (including phenoxy) is 1. The molecule has 1 aromatic carbocycles. The van der Waals surface area contributed by atoms with Crippen LogP contribution in [0, 0.1) is 5.82 Å². The average Bonchev–Trinajstić information content (AvgIpc) is 2.25. The zero-order valence-electron chi connectivity index (χ0n) is 9.66. The molecule has 0 radical (unpaired) electrons. The molecule has 0 aliphatic carbocycles. The second-order valence-corrected chi connectivity index (χ2v) is 3.71. The molecular formula is C12H17FN2O. The first kappa shape index (κ1) is 12.5. The maximum absolute atomic E-state index is 13.4. The Balaban J connectivity index is 2.62. The highest BCUT2D eigenvalue weighted by molar-refractivity contribution is 5.23. The van der Waals surface area contributed by atoms with Gasteiger partial charge in [0.2, 0.25) is 0 Å². The number of hydrogen-bond acceptors (Lipinski definition) is 3. The summed E-state index contributed by atoms with van der Waals surface area (Å²) in [5, 5.41) is 0. The molecule has 2 N–H and O–H groups in total. The third kappa shape index (κ3) is 3.24. The summed E-state index contributed by atoms with van der Waals surface area (Å²) in [6.45, 7) is 4.23. The second kappa shape index (κ2) is 5.51. The molecule has 0 aliphatic rings. The van der Waals surface area contributed by atoms with Crippen LogP contribution >= 0.6 is 0 Å². The SMILES string of the molecule is C=C(OCc1ccc(CN)c(F)c1)N(C)C. The smallest absolute Gasteiger partial charge is 0.181 e. The van der Waals surface area contributed by atoms with E-state index in [0.717, 1.165) is 5.56 Å². The average molecular weight is 224 g/mol. The molecule has 0 heterocycles. The molecule has 0 saturated carbocycles. The van der Waals surface area contributed by atoms with Crippen LogP contribution in [0.2, 0.25) is 0 Å². The van der Waals surface area contributed by atoms with Gasteiger partial charge in [0.15, 0.2) is 5.88 Å². The van der Waals surface area contributed by atoms with Crippen molar-refractivity contribution in [3.63, 3.8) is 0 Å². The lowest BCUT2D eigenvalue weighted by molar-refractivity contribution is 0.131. The van der Waals surface area contributed by atoms with Crippen LogP contribution in [0.1, 0.15) is 11.1 Å². The molecule has 16 heavy (non-hydrogen) atoms. The van der Waals surface area contributed by atoms with Crippen LogP contribution in [0.25, 0.3) is 0 Å². The Hall–Kier alpha value is -1.55. The van der Waals surface area contributed by atoms with Gasteiger partial charge in [0.1, 0.15) is 12.4 Å². The van der Waals surface area contributed by atoms with Crippen molar-refractivity contribution in [2.24, 2.45) is 5.73 Å². The monoisotopic (exact) mass is 224 g/mol. The van der Waals surface area contributed by atoms with Gasteiger partial charge in [-0.3, -0.25) is 0 Å². The summed E-state index contributed by atoms with van der Waals surface area (Å²) >= 11 is 0. The van der Waals surface area contributed by atoms with Crippen LogP contribution in [0.5, 0.6) is 0 Å². The second-order valence-electron chi connectivity index (χ2n) is 3.71. The van der Waals surface area contributed by atoms with Crippen LogP contribution in [0.15, 0.2) is 30.7 Å². The highest BCUT2D eigenvalue weighted by atomic mass is 19.1. The molecule has 0 amide bonds. The van der Waals surface area contributed by atoms with Gasteiger partial charge < -0.3 is 15.4 Å². The number of rotatable bonds is 5. The normalized spacial score (nSPS) is 10.0. The van der Waals surface area contributed by atoms with Crippen molar-refractivity contribution in [3.8, 4) is 0 Å². The molecule has 1 rings (SSSR count). The summed E-state index contributed by atoms with van der Waals surface area (Å²) in [5.74, 6) is 0.252. The minimum Gasteiger partial charge on any atom is -0.475 e. The Morgan fingerprint density at radius 3 is 2.69 bits per heavy atom. The summed E-state index contributed by atoms with van der Waals surface area (Å²) in [7, 11) is 3.67. The highest BCUT2D eigenvalue weighted by Gasteiger charge is 2.03. The van der Waals surface area contributed by atoms with E-state index in [0.29, 0.717) is 18.1 Å². The summed E-state index contributed by atoms with van der Waals surface area (Å²) in [6.07, 6.45) is 0. The van der Waals surface area contributed by atoms with E-state index < -0.39 is 0 Å². The van der Waals surface area contributed by atoms with Gasteiger partial charge >= 0.3 is 0 Å². The first-order valence-corrected chi connectivity index (χ1v) is 5.01. The van der Waals surface area contributed by atoms with E-state index in [-0.39, 0.29) is 12.4 Å². The first-order valence-electron chi connectivity index (χ1n) is 5.01. The Bertz CT molecular complexity index is 377. The molecule has 3 nitrogen and oxygen atoms in total. The molecule has 1 aromatic rings. The fraction of sp³-hybridized carbons (Fsp3) is 0.333. The van der Waals surface area contributed by atoms with Crippen molar-refractivity contribution in [2.45, 2.75) is 13.2 Å². The molecule has 0 fully saturated rings. The van der Waals surface area contributed by atoms with Crippen LogP contribution < -0.4 is 5.73 Å². The Morgan fingerprint density at radius 1 is 1.50 bits per heavy atom. The van der Waals surface area contributed by atoms with Crippen LogP contribution in [-0.4, -0.2) is 19.0 Å². The summed E-state index contributed by atoms with van der Waals surface area (Å²) in [6, 6.07) is 4.91. The van der Waals surface area contributed by atoms with E-state index in [1.807, 2.05) is 14.1 Å². The standard InChI is InChI=1S/C12H17FN2O/c1-9(15(2)3)16-8-10-4-5-11(7-14)12(13)6-10/h4-6H,1,7-8,14H2,2-3H3. The lowest BCUT2D eigenvalue weighted by Crippen LogP contribution is -2.12. The predicted molar refractivity (Wildman–Crippen MR) is 61.9 cm³/mol. The van der Waals surface area contributed by atoms with Gasteiger partial charge in [-0.05, 0) is 18.2 Å². The number of halogens is 1. The van der Waals surface area contributed by atoms with Crippen molar-refractivity contribution in [3.05, 3.63) is 47.6 Å². The molecular weight excluding hydrogens is 207 g/mol. The molecule has 0 aromatic heterocycles. The van der Waals surface area contributed by atoms with Crippen LogP contribution in [0.4, 0.5) is 4.39 Å². The quantitative estimate of drug-likeness (QED) is 0.775. The zero-order chi connectivity index (χ0) is 12.1. The third-order valence-corrected chi connectivity index (χ3v) is 2.24. The number of nitrogens with two attached hydrogens (primary N) is 1. The Morgan fingerprint density at radius 2 is 2.19 bits per heavy atom. The van der Waals surface area contributed by atoms with E-state index in [2.05, 4.69) is 6.58 Å². The van der Waals surface area contributed by atoms with Crippen LogP contribution in [0.3, 0.4) is 0 Å². The van der Waals surface area contributed by atoms with Crippen molar-refractivity contribution >= 4 is 0 Å². The van der Waals surface area contributed by atoms with E-state index in [9.17, 15) is 4.39 Å². The maximum atomic E-state index is 13.4. The van der Waals surface area contributed by atoms with Crippen LogP contribution in [-0.2, 0) is 17.9 Å². The van der Waals surface area contributed by atoms with E-state index in [4.69, 9.17) is 10.5 Å². The molecule has 0 atom stereocenters. The summed E-state index contributed by atoms with van der Waals surface area (Å²) in [4.78, 5) is 1.75. The van der Waals surface area contributed by atoms with Gasteiger partial charge in [-0.1, -0.05) is 12.1 Å². The Labute approximate surface area is 95.3 Å². The predicted octanol–water partition coefficient (Wildman–Crippen LogP) is 1.83. The lowest BCUT2D eigenvalue weighted by atomic mass is 10.1. The lowest BCUT2D eigenvalue weighted by Gasteiger charge is -2.16. The summed E-state index contributed by atoms with van der Waals surface area (Å²) in [5.41, 5.74) is 6.64. The largest absolute Gasteiger partial charge is 0.475 e. The van der Waals surface area contributed by atoms with E-state index >= 15 is 0 Å². The van der Waals surface area contributed by atoms with Gasteiger partial charge in [0.05, 0.1) is 0 Å². The highest BCUT2D eigenvalue weighted by Crippen LogP contribution is 2.12. The molecule has 0 unspecified atom stereocenters. The van der Waals surface area contributed by atoms with Gasteiger partial charge in [-0.25, -0.2) is 4.39 Å². The fourth-order valence-corrected chi connectivity index (χ4v) is 1.14. The molecule has 4 heteroatoms. The topological polar surface area (TPSA) is 38.5 Å². The molecule has 0 bridgehead atoms. The van der Waals surface area contributed by atoms with Crippen molar-refractivity contribution in [1.29, 1.82) is 0 Å². The first-order chi connectivity index (χ1) is 7.54. The molecule has 88 valence electrons. The fourth-order valence-electron chi connectivity index (χ4n) is 1.14. The van der Waals surface area contributed by atoms with Gasteiger partial charge in [-0.15, -0.1) is 0 Å². The number of nitrogens with zero attached hydrogens (tertiary/aromatic N) is 1. The molecule has 0 saturated heterocycles. The van der Waals surface area contributed by atoms with Crippen molar-refractivity contribution in [1.82, 2.24) is 4.90 Å². The molecule has 0 spiro atoms. The Kier molecular flexibility index (Phi) is 4.31. The van der Waals surface area contributed by atoms with Crippen molar-refractivity contribution in [2.75, 3.05) is 14.1 Å². The minimum absolute atomic E-state index is 0.206. The zero-order valence-corrected chi connectivity index (χ0v) is 9.66. The van der Waals surface area contributed by atoms with E-state index in [1.165, 1.54) is 6.07 Å². The van der Waals surface area contributed by atoms with Gasteiger partial charge in [0, 0.05) is 26.2 Å². The van der Waals surface area contributed by atoms with Crippen molar-refractivity contribution < 1.29 is 9.13 Å².